The first-order valence-electron chi connectivity index (χ1n) is 14.0. The van der Waals surface area contributed by atoms with Crippen LogP contribution in [-0.4, -0.2) is 0 Å². The van der Waals surface area contributed by atoms with E-state index in [2.05, 4.69) is 68.4 Å². The summed E-state index contributed by atoms with van der Waals surface area (Å²) < 4.78 is 0. The Morgan fingerprint density at radius 3 is 2.16 bits per heavy atom. The Hall–Kier alpha value is -0.260. The summed E-state index contributed by atoms with van der Waals surface area (Å²) in [5, 5.41) is 0. The average Bonchev–Trinajstić information content (AvgIpc) is 2.69. The molecule has 0 spiro atoms. The molecule has 0 nitrogen and oxygen atoms in total. The first-order valence-corrected chi connectivity index (χ1v) is 14.0. The van der Waals surface area contributed by atoms with Gasteiger partial charge in [-0.1, -0.05) is 67.0 Å². The summed E-state index contributed by atoms with van der Waals surface area (Å²) in [4.78, 5) is 0. The van der Waals surface area contributed by atoms with Crippen LogP contribution >= 0.6 is 0 Å². The minimum atomic E-state index is 0.511. The van der Waals surface area contributed by atoms with Crippen LogP contribution in [0.2, 0.25) is 0 Å². The third-order valence-corrected chi connectivity index (χ3v) is 14.1. The first-order chi connectivity index (χ1) is 14.3. The van der Waals surface area contributed by atoms with Gasteiger partial charge in [0, 0.05) is 0 Å². The van der Waals surface area contributed by atoms with Crippen molar-refractivity contribution in [3.05, 3.63) is 11.6 Å². The van der Waals surface area contributed by atoms with Gasteiger partial charge in [0.25, 0.3) is 0 Å². The molecule has 0 heterocycles. The Morgan fingerprint density at radius 2 is 1.45 bits per heavy atom. The first kappa shape index (κ1) is 22.5. The molecule has 0 aliphatic heterocycles. The van der Waals surface area contributed by atoms with Crippen LogP contribution in [0.5, 0.6) is 0 Å². The van der Waals surface area contributed by atoms with Crippen LogP contribution < -0.4 is 0 Å². The lowest BCUT2D eigenvalue weighted by molar-refractivity contribution is -0.245. The van der Waals surface area contributed by atoms with Crippen molar-refractivity contribution in [2.75, 3.05) is 0 Å². The monoisotopic (exact) mass is 424 g/mol. The van der Waals surface area contributed by atoms with Crippen molar-refractivity contribution in [3.8, 4) is 0 Å². The number of rotatable bonds is 0. The van der Waals surface area contributed by atoms with Gasteiger partial charge in [-0.15, -0.1) is 0 Å². The molecule has 0 N–H and O–H groups in total. The van der Waals surface area contributed by atoms with E-state index in [9.17, 15) is 0 Å². The second-order valence-electron chi connectivity index (χ2n) is 15.1. The quantitative estimate of drug-likeness (QED) is 0.340. The number of hydrogen-bond donors (Lipinski definition) is 0. The third-order valence-electron chi connectivity index (χ3n) is 14.1. The number of hydrogen-bond acceptors (Lipinski definition) is 0. The number of fused-ring (bicyclic) bond motifs is 7. The predicted octanol–water partition coefficient (Wildman–Crippen LogP) is 9.30. The van der Waals surface area contributed by atoms with Crippen LogP contribution in [0, 0.1) is 62.6 Å². The maximum absolute atomic E-state index is 2.80. The van der Waals surface area contributed by atoms with Crippen LogP contribution in [0.4, 0.5) is 0 Å². The fourth-order valence-electron chi connectivity index (χ4n) is 11.5. The van der Waals surface area contributed by atoms with Crippen LogP contribution in [0.3, 0.4) is 0 Å². The molecule has 0 radical (unpaired) electrons. The maximum atomic E-state index is 2.80. The van der Waals surface area contributed by atoms with Crippen LogP contribution in [0.15, 0.2) is 11.6 Å². The van der Waals surface area contributed by atoms with Gasteiger partial charge in [0.1, 0.15) is 0 Å². The minimum absolute atomic E-state index is 0.511. The molecule has 0 heteroatoms. The zero-order valence-electron chi connectivity index (χ0n) is 22.4. The highest BCUT2D eigenvalue weighted by atomic mass is 14.7. The van der Waals surface area contributed by atoms with E-state index in [1.807, 2.05) is 0 Å². The van der Waals surface area contributed by atoms with E-state index in [1.165, 1.54) is 57.8 Å². The average molecular weight is 425 g/mol. The Balaban J connectivity index is 1.55. The highest BCUT2D eigenvalue weighted by molar-refractivity contribution is 5.22. The summed E-state index contributed by atoms with van der Waals surface area (Å²) in [6, 6.07) is 0. The lowest BCUT2D eigenvalue weighted by Gasteiger charge is -2.73. The molecular formula is C31H52. The van der Waals surface area contributed by atoms with Gasteiger partial charge in [-0.25, -0.2) is 0 Å². The fraction of sp³-hybridized carbons (Fsp3) is 0.935. The molecular weight excluding hydrogens is 372 g/mol. The van der Waals surface area contributed by atoms with Crippen LogP contribution in [-0.2, 0) is 0 Å². The third kappa shape index (κ3) is 2.66. The molecule has 0 aromatic heterocycles. The molecule has 0 amide bonds. The van der Waals surface area contributed by atoms with Gasteiger partial charge in [0.05, 0.1) is 0 Å². The van der Waals surface area contributed by atoms with Gasteiger partial charge >= 0.3 is 0 Å². The van der Waals surface area contributed by atoms with Crippen molar-refractivity contribution in [1.82, 2.24) is 0 Å². The summed E-state index contributed by atoms with van der Waals surface area (Å²) in [6.45, 7) is 23.8. The molecule has 0 aromatic rings. The molecule has 0 aromatic carbocycles. The van der Waals surface area contributed by atoms with Crippen LogP contribution in [0.25, 0.3) is 0 Å². The lowest BCUT2D eigenvalue weighted by atomic mass is 9.31. The fourth-order valence-corrected chi connectivity index (χ4v) is 11.5. The van der Waals surface area contributed by atoms with E-state index in [0.717, 1.165) is 35.5 Å². The van der Waals surface area contributed by atoms with Gasteiger partial charge in [-0.3, -0.25) is 0 Å². The van der Waals surface area contributed by atoms with Gasteiger partial charge in [-0.05, 0) is 127 Å². The maximum Gasteiger partial charge on any atom is -0.0198 e. The molecule has 0 unspecified atom stereocenters. The van der Waals surface area contributed by atoms with Crippen molar-refractivity contribution in [2.24, 2.45) is 62.6 Å². The topological polar surface area (TPSA) is 0 Å². The largest absolute Gasteiger partial charge is 0.0848 e. The molecule has 5 aliphatic carbocycles. The van der Waals surface area contributed by atoms with Gasteiger partial charge in [0.2, 0.25) is 0 Å². The van der Waals surface area contributed by atoms with E-state index in [1.54, 1.807) is 5.57 Å². The SMILES string of the molecule is CC1=CC[C@]2(C)CC[C@]3(C)[C@@H](CC[C@@H]4[C@@]5(C)CC[C@H](C)C(C)(C)[C@@H]5CC[C@]43C)[C@H]2[C@@H]1C. The van der Waals surface area contributed by atoms with E-state index in [-0.39, 0.29) is 0 Å². The summed E-state index contributed by atoms with van der Waals surface area (Å²) >= 11 is 0. The van der Waals surface area contributed by atoms with E-state index in [4.69, 9.17) is 0 Å². The highest BCUT2D eigenvalue weighted by Crippen LogP contribution is 2.77. The lowest BCUT2D eigenvalue weighted by Crippen LogP contribution is -2.66. The van der Waals surface area contributed by atoms with Gasteiger partial charge < -0.3 is 0 Å². The Labute approximate surface area is 194 Å². The van der Waals surface area contributed by atoms with Crippen LogP contribution in [0.1, 0.15) is 120 Å². The second kappa shape index (κ2) is 6.66. The van der Waals surface area contributed by atoms with Crippen molar-refractivity contribution < 1.29 is 0 Å². The van der Waals surface area contributed by atoms with Crippen molar-refractivity contribution >= 4 is 0 Å². The molecule has 0 saturated heterocycles. The van der Waals surface area contributed by atoms with E-state index < -0.39 is 0 Å². The second-order valence-corrected chi connectivity index (χ2v) is 15.1. The van der Waals surface area contributed by atoms with E-state index in [0.29, 0.717) is 27.1 Å². The van der Waals surface area contributed by atoms with E-state index >= 15 is 0 Å². The predicted molar refractivity (Wildman–Crippen MR) is 134 cm³/mol. The molecule has 10 atom stereocenters. The van der Waals surface area contributed by atoms with Gasteiger partial charge in [0.15, 0.2) is 0 Å². The summed E-state index contributed by atoms with van der Waals surface area (Å²) in [5.41, 5.74) is 4.39. The van der Waals surface area contributed by atoms with Crippen molar-refractivity contribution in [2.45, 2.75) is 120 Å². The molecule has 0 bridgehead atoms. The minimum Gasteiger partial charge on any atom is -0.0848 e. The molecule has 176 valence electrons. The smallest absolute Gasteiger partial charge is 0.0198 e. The highest BCUT2D eigenvalue weighted by Gasteiger charge is 2.69. The summed E-state index contributed by atoms with van der Waals surface area (Å²) in [7, 11) is 0. The Kier molecular flexibility index (Phi) is 4.84. The summed E-state index contributed by atoms with van der Waals surface area (Å²) in [5.74, 6) is 5.37. The standard InChI is InChI=1S/C31H52/c1-20-12-15-28(6)18-19-30(8)23(26(28)22(20)3)10-11-25-29(7)16-13-21(2)27(4,5)24(29)14-17-31(25,30)9/h12,21-26H,10-11,13-19H2,1-9H3/t21-,22+,23-,24-,25+,26+,28+,29-,30+,31+/m0/s1. The number of allylic oxidation sites excluding steroid dienone is 2. The zero-order chi connectivity index (χ0) is 22.6. The Morgan fingerprint density at radius 1 is 0.742 bits per heavy atom. The molecule has 5 rings (SSSR count). The zero-order valence-corrected chi connectivity index (χ0v) is 22.4. The molecule has 5 aliphatic rings. The molecule has 31 heavy (non-hydrogen) atoms. The van der Waals surface area contributed by atoms with Crippen molar-refractivity contribution in [1.29, 1.82) is 0 Å². The Bertz CT molecular complexity index is 773. The van der Waals surface area contributed by atoms with Crippen molar-refractivity contribution in [3.63, 3.8) is 0 Å². The normalized spacial score (nSPS) is 58.3. The molecule has 4 fully saturated rings. The van der Waals surface area contributed by atoms with Gasteiger partial charge in [-0.2, -0.15) is 0 Å². The molecule has 4 saturated carbocycles. The summed E-state index contributed by atoms with van der Waals surface area (Å²) in [6.07, 6.45) is 15.8.